The lowest BCUT2D eigenvalue weighted by Gasteiger charge is -2.09. The highest BCUT2D eigenvalue weighted by molar-refractivity contribution is 5.77. The summed E-state index contributed by atoms with van der Waals surface area (Å²) in [5.74, 6) is -0.699. The van der Waals surface area contributed by atoms with Crippen LogP contribution in [0.25, 0.3) is 0 Å². The Bertz CT molecular complexity index is 427. The molecule has 1 aromatic carbocycles. The van der Waals surface area contributed by atoms with Crippen molar-refractivity contribution in [3.8, 4) is 5.75 Å². The molecule has 2 N–H and O–H groups in total. The Morgan fingerprint density at radius 2 is 2.20 bits per heavy atom. The third-order valence-electron chi connectivity index (χ3n) is 2.56. The Kier molecular flexibility index (Phi) is 7.60. The number of methoxy groups -OCH3 is 1. The van der Waals surface area contributed by atoms with E-state index in [1.165, 1.54) is 12.1 Å². The normalized spacial score (nSPS) is 10.3. The minimum atomic E-state index is -0.468. The summed E-state index contributed by atoms with van der Waals surface area (Å²) < 4.78 is 23.7. The van der Waals surface area contributed by atoms with Crippen molar-refractivity contribution in [2.75, 3.05) is 33.4 Å². The maximum absolute atomic E-state index is 13.7. The molecular weight excluding hydrogens is 263 g/mol. The first kappa shape index (κ1) is 16.4. The topological polar surface area (TPSA) is 59.6 Å². The largest absolute Gasteiger partial charge is 0.481 e. The zero-order valence-electron chi connectivity index (χ0n) is 11.9. The van der Waals surface area contributed by atoms with Gasteiger partial charge in [0.05, 0.1) is 6.61 Å². The van der Waals surface area contributed by atoms with Gasteiger partial charge in [-0.25, -0.2) is 4.39 Å². The number of ether oxygens (including phenoxy) is 2. The summed E-state index contributed by atoms with van der Waals surface area (Å²) >= 11 is 0. The second-order valence-corrected chi connectivity index (χ2v) is 4.18. The van der Waals surface area contributed by atoms with Gasteiger partial charge in [0, 0.05) is 20.2 Å². The first-order valence-electron chi connectivity index (χ1n) is 6.55. The van der Waals surface area contributed by atoms with E-state index in [4.69, 9.17) is 9.47 Å². The fourth-order valence-electron chi connectivity index (χ4n) is 1.53. The summed E-state index contributed by atoms with van der Waals surface area (Å²) in [7, 11) is 1.55. The highest BCUT2D eigenvalue weighted by Gasteiger charge is 2.07. The van der Waals surface area contributed by atoms with Gasteiger partial charge >= 0.3 is 0 Å². The van der Waals surface area contributed by atoms with Crippen molar-refractivity contribution in [3.63, 3.8) is 0 Å². The molecule has 0 aliphatic carbocycles. The fraction of sp³-hybridized carbons (Fsp3) is 0.500. The minimum Gasteiger partial charge on any atom is -0.481 e. The SMILES string of the molecule is CCNCc1ccc(OCC(=O)NCCOC)c(F)c1. The van der Waals surface area contributed by atoms with Crippen LogP contribution in [0.3, 0.4) is 0 Å². The number of hydrogen-bond donors (Lipinski definition) is 2. The second-order valence-electron chi connectivity index (χ2n) is 4.18. The van der Waals surface area contributed by atoms with Gasteiger partial charge in [-0.1, -0.05) is 13.0 Å². The lowest BCUT2D eigenvalue weighted by atomic mass is 10.2. The summed E-state index contributed by atoms with van der Waals surface area (Å²) in [4.78, 5) is 11.4. The highest BCUT2D eigenvalue weighted by Crippen LogP contribution is 2.18. The molecule has 0 atom stereocenters. The first-order chi connectivity index (χ1) is 9.67. The van der Waals surface area contributed by atoms with E-state index in [1.807, 2.05) is 6.92 Å². The molecule has 0 aliphatic heterocycles. The molecule has 0 radical (unpaired) electrons. The van der Waals surface area contributed by atoms with Gasteiger partial charge in [-0.05, 0) is 24.2 Å². The third kappa shape index (κ3) is 5.99. The van der Waals surface area contributed by atoms with E-state index in [2.05, 4.69) is 10.6 Å². The summed E-state index contributed by atoms with van der Waals surface area (Å²) in [6.07, 6.45) is 0. The van der Waals surface area contributed by atoms with Crippen LogP contribution in [0, 0.1) is 5.82 Å². The molecular formula is C14H21FN2O3. The van der Waals surface area contributed by atoms with Crippen molar-refractivity contribution < 1.29 is 18.7 Å². The summed E-state index contributed by atoms with van der Waals surface area (Å²) in [6.45, 7) is 4.03. The molecule has 0 spiro atoms. The molecule has 1 amide bonds. The maximum atomic E-state index is 13.7. The second kappa shape index (κ2) is 9.28. The Morgan fingerprint density at radius 1 is 1.40 bits per heavy atom. The number of carbonyl (C=O) groups is 1. The van der Waals surface area contributed by atoms with Crippen molar-refractivity contribution >= 4 is 5.91 Å². The van der Waals surface area contributed by atoms with Gasteiger partial charge in [0.1, 0.15) is 0 Å². The molecule has 0 fully saturated rings. The predicted molar refractivity (Wildman–Crippen MR) is 74.2 cm³/mol. The zero-order valence-corrected chi connectivity index (χ0v) is 11.9. The Labute approximate surface area is 118 Å². The molecule has 6 heteroatoms. The highest BCUT2D eigenvalue weighted by atomic mass is 19.1. The van der Waals surface area contributed by atoms with E-state index in [0.717, 1.165) is 12.1 Å². The van der Waals surface area contributed by atoms with Gasteiger partial charge in [0.2, 0.25) is 0 Å². The molecule has 5 nitrogen and oxygen atoms in total. The Hall–Kier alpha value is -1.66. The van der Waals surface area contributed by atoms with E-state index in [1.54, 1.807) is 13.2 Å². The van der Waals surface area contributed by atoms with E-state index < -0.39 is 5.82 Å². The summed E-state index contributed by atoms with van der Waals surface area (Å²) in [6, 6.07) is 4.70. The lowest BCUT2D eigenvalue weighted by Crippen LogP contribution is -2.31. The molecule has 0 saturated heterocycles. The van der Waals surface area contributed by atoms with Gasteiger partial charge < -0.3 is 20.1 Å². The zero-order chi connectivity index (χ0) is 14.8. The average Bonchev–Trinajstić information content (AvgIpc) is 2.44. The molecule has 20 heavy (non-hydrogen) atoms. The number of carbonyl (C=O) groups excluding carboxylic acids is 1. The van der Waals surface area contributed by atoms with Crippen molar-refractivity contribution in [3.05, 3.63) is 29.6 Å². The Balaban J connectivity index is 2.42. The van der Waals surface area contributed by atoms with Crippen LogP contribution >= 0.6 is 0 Å². The molecule has 0 bridgehead atoms. The van der Waals surface area contributed by atoms with Crippen LogP contribution in [0.1, 0.15) is 12.5 Å². The molecule has 0 aliphatic rings. The van der Waals surface area contributed by atoms with Gasteiger partial charge in [-0.15, -0.1) is 0 Å². The van der Waals surface area contributed by atoms with E-state index in [-0.39, 0.29) is 18.3 Å². The molecule has 1 aromatic rings. The van der Waals surface area contributed by atoms with Crippen LogP contribution in [-0.4, -0.2) is 39.3 Å². The van der Waals surface area contributed by atoms with Crippen molar-refractivity contribution in [2.45, 2.75) is 13.5 Å². The van der Waals surface area contributed by atoms with Crippen LogP contribution in [0.15, 0.2) is 18.2 Å². The van der Waals surface area contributed by atoms with Crippen molar-refractivity contribution in [1.82, 2.24) is 10.6 Å². The number of benzene rings is 1. The number of nitrogens with one attached hydrogen (secondary N) is 2. The summed E-state index contributed by atoms with van der Waals surface area (Å²) in [5, 5.41) is 5.70. The molecule has 0 saturated carbocycles. The van der Waals surface area contributed by atoms with Gasteiger partial charge in [0.15, 0.2) is 18.2 Å². The quantitative estimate of drug-likeness (QED) is 0.666. The average molecular weight is 284 g/mol. The lowest BCUT2D eigenvalue weighted by molar-refractivity contribution is -0.123. The van der Waals surface area contributed by atoms with Crippen molar-refractivity contribution in [2.24, 2.45) is 0 Å². The Morgan fingerprint density at radius 3 is 2.85 bits per heavy atom. The van der Waals surface area contributed by atoms with Crippen molar-refractivity contribution in [1.29, 1.82) is 0 Å². The monoisotopic (exact) mass is 284 g/mol. The molecule has 0 unspecified atom stereocenters. The van der Waals surface area contributed by atoms with Crippen LogP contribution in [0.5, 0.6) is 5.75 Å². The first-order valence-corrected chi connectivity index (χ1v) is 6.55. The van der Waals surface area contributed by atoms with Gasteiger partial charge in [-0.2, -0.15) is 0 Å². The number of amides is 1. The smallest absolute Gasteiger partial charge is 0.258 e. The van der Waals surface area contributed by atoms with Gasteiger partial charge in [0.25, 0.3) is 5.91 Å². The van der Waals surface area contributed by atoms with Crippen LogP contribution in [0.2, 0.25) is 0 Å². The minimum absolute atomic E-state index is 0.0761. The van der Waals surface area contributed by atoms with Crippen LogP contribution < -0.4 is 15.4 Å². The molecule has 0 aromatic heterocycles. The van der Waals surface area contributed by atoms with E-state index in [9.17, 15) is 9.18 Å². The molecule has 112 valence electrons. The molecule has 1 rings (SSSR count). The molecule has 0 heterocycles. The van der Waals surface area contributed by atoms with Crippen LogP contribution in [0.4, 0.5) is 4.39 Å². The predicted octanol–water partition coefficient (Wildman–Crippen LogP) is 1.08. The van der Waals surface area contributed by atoms with E-state index >= 15 is 0 Å². The third-order valence-corrected chi connectivity index (χ3v) is 2.56. The van der Waals surface area contributed by atoms with Crippen LogP contribution in [-0.2, 0) is 16.1 Å². The number of rotatable bonds is 9. The fourth-order valence-corrected chi connectivity index (χ4v) is 1.53. The number of hydrogen-bond acceptors (Lipinski definition) is 4. The van der Waals surface area contributed by atoms with Gasteiger partial charge in [-0.3, -0.25) is 4.79 Å². The maximum Gasteiger partial charge on any atom is 0.258 e. The van der Waals surface area contributed by atoms with E-state index in [0.29, 0.717) is 19.7 Å². The standard InChI is InChI=1S/C14H21FN2O3/c1-3-16-9-11-4-5-13(12(15)8-11)20-10-14(18)17-6-7-19-2/h4-5,8,16H,3,6-7,9-10H2,1-2H3,(H,17,18). The summed E-state index contributed by atoms with van der Waals surface area (Å²) in [5.41, 5.74) is 0.834. The number of halogens is 1.